The summed E-state index contributed by atoms with van der Waals surface area (Å²) in [5, 5.41) is 0. The normalized spacial score (nSPS) is 7.94. The number of hydrogen-bond acceptors (Lipinski definition) is 4. The molecular formula is C11H35O5PS. The van der Waals surface area contributed by atoms with Crippen molar-refractivity contribution in [2.45, 2.75) is 43.6 Å². The second kappa shape index (κ2) is 19.2. The molecule has 0 bridgehead atoms. The highest BCUT2D eigenvalue weighted by Crippen LogP contribution is 2.27. The maximum atomic E-state index is 9.77. The molecule has 0 aromatic heterocycles. The van der Waals surface area contributed by atoms with Crippen LogP contribution in [0.25, 0.3) is 0 Å². The average Bonchev–Trinajstić information content (AvgIpc) is 1.45. The molecule has 0 spiro atoms. The number of ketones is 1. The molecule has 18 heavy (non-hydrogen) atoms. The number of Topliss-reactive ketones (excluding diaryl/α,β-unsaturated/α-hetero) is 1. The fourth-order valence-corrected chi connectivity index (χ4v) is 0. The largest absolute Gasteiger partial charge is 0.345 e. The van der Waals surface area contributed by atoms with Gasteiger partial charge in [-0.2, -0.15) is 0 Å². The van der Waals surface area contributed by atoms with E-state index in [1.807, 2.05) is 0 Å². The van der Waals surface area contributed by atoms with Crippen LogP contribution in [-0.2, 0) is 19.2 Å². The molecule has 0 atom stereocenters. The zero-order chi connectivity index (χ0) is 12.6. The average molecular weight is 310 g/mol. The predicted molar refractivity (Wildman–Crippen MR) is 85.7 cm³/mol. The van der Waals surface area contributed by atoms with Gasteiger partial charge < -0.3 is 9.69 Å². The van der Waals surface area contributed by atoms with E-state index in [0.717, 1.165) is 12.5 Å². The second-order valence-corrected chi connectivity index (χ2v) is 8.22. The quantitative estimate of drug-likeness (QED) is 0.693. The summed E-state index contributed by atoms with van der Waals surface area (Å²) in [6, 6.07) is 0. The van der Waals surface area contributed by atoms with E-state index < -0.39 is 17.2 Å². The zero-order valence-corrected chi connectivity index (χ0v) is 11.1. The van der Waals surface area contributed by atoms with Crippen molar-refractivity contribution < 1.29 is 22.7 Å². The summed E-state index contributed by atoms with van der Waals surface area (Å²) in [6.45, 7) is 5.65. The molecule has 120 valence electrons. The zero-order valence-electron chi connectivity index (χ0n) is 9.44. The van der Waals surface area contributed by atoms with E-state index in [4.69, 9.17) is 4.89 Å². The minimum atomic E-state index is -2.67. The Morgan fingerprint density at radius 2 is 0.944 bits per heavy atom. The van der Waals surface area contributed by atoms with Crippen molar-refractivity contribution in [2.24, 2.45) is 0 Å². The van der Waals surface area contributed by atoms with Crippen molar-refractivity contribution in [3.63, 3.8) is 0 Å². The van der Waals surface area contributed by atoms with Crippen LogP contribution in [0.3, 0.4) is 0 Å². The number of carbonyl (C=O) groups excluding carboxylic acids is 1. The Balaban J connectivity index is -0.0000000183. The van der Waals surface area contributed by atoms with Gasteiger partial charge in [0.1, 0.15) is 15.6 Å². The van der Waals surface area contributed by atoms with Gasteiger partial charge >= 0.3 is 0 Å². The van der Waals surface area contributed by atoms with Crippen LogP contribution >= 0.6 is 7.37 Å². The van der Waals surface area contributed by atoms with Crippen LogP contribution in [0.15, 0.2) is 0 Å². The van der Waals surface area contributed by atoms with Crippen LogP contribution in [-0.4, -0.2) is 44.9 Å². The summed E-state index contributed by atoms with van der Waals surface area (Å²) in [7, 11) is -5.31. The lowest BCUT2D eigenvalue weighted by atomic mass is 10.6. The Kier molecular flexibility index (Phi) is 45.8. The molecule has 0 aromatic carbocycles. The maximum Gasteiger partial charge on any atom is 0.194 e. The smallest absolute Gasteiger partial charge is 0.194 e. The van der Waals surface area contributed by atoms with E-state index >= 15 is 0 Å². The summed E-state index contributed by atoms with van der Waals surface area (Å²) < 4.78 is 29.0. The van der Waals surface area contributed by atoms with Crippen LogP contribution in [0, 0.1) is 0 Å². The van der Waals surface area contributed by atoms with Gasteiger partial charge in [0.2, 0.25) is 0 Å². The van der Waals surface area contributed by atoms with E-state index in [-0.39, 0.29) is 35.5 Å². The van der Waals surface area contributed by atoms with Crippen molar-refractivity contribution >= 4 is 23.0 Å². The minimum absolute atomic E-state index is 0. The summed E-state index contributed by atoms with van der Waals surface area (Å²) >= 11 is 0. The minimum Gasteiger partial charge on any atom is -0.345 e. The van der Waals surface area contributed by atoms with Crippen molar-refractivity contribution in [1.82, 2.24) is 0 Å². The van der Waals surface area contributed by atoms with Gasteiger partial charge in [0.25, 0.3) is 0 Å². The van der Waals surface area contributed by atoms with Crippen LogP contribution in [0.4, 0.5) is 0 Å². The number of hydrogen-bond donors (Lipinski definition) is 1. The summed E-state index contributed by atoms with van der Waals surface area (Å²) in [6.07, 6.45) is 2.32. The Morgan fingerprint density at radius 1 is 0.944 bits per heavy atom. The number of sulfone groups is 1. The Hall–Kier alpha value is -0.190. The fourth-order valence-electron chi connectivity index (χ4n) is 0. The molecule has 1 N–H and O–H groups in total. The van der Waals surface area contributed by atoms with Crippen LogP contribution < -0.4 is 0 Å². The first-order valence-corrected chi connectivity index (χ1v) is 8.48. The van der Waals surface area contributed by atoms with Gasteiger partial charge in [0, 0.05) is 25.8 Å². The predicted octanol–water partition coefficient (Wildman–Crippen LogP) is 3.32. The Bertz CT molecular complexity index is 270. The second-order valence-electron chi connectivity index (χ2n) is 3.35. The molecule has 0 aliphatic heterocycles. The van der Waals surface area contributed by atoms with Crippen molar-refractivity contribution in [1.29, 1.82) is 0 Å². The third-order valence-corrected chi connectivity index (χ3v) is 0. The van der Waals surface area contributed by atoms with Gasteiger partial charge in [-0.05, 0) is 13.8 Å². The molecule has 0 amide bonds. The van der Waals surface area contributed by atoms with Gasteiger partial charge in [0.05, 0.1) is 0 Å². The molecule has 0 saturated carbocycles. The van der Waals surface area contributed by atoms with Gasteiger partial charge in [-0.15, -0.1) is 0 Å². The molecule has 0 aromatic rings. The van der Waals surface area contributed by atoms with Crippen molar-refractivity contribution in [3.05, 3.63) is 0 Å². The first kappa shape index (κ1) is 43.1. The van der Waals surface area contributed by atoms with Crippen molar-refractivity contribution in [3.8, 4) is 0 Å². The Morgan fingerprint density at radius 3 is 0.944 bits per heavy atom. The van der Waals surface area contributed by atoms with Gasteiger partial charge in [-0.1, -0.05) is 29.7 Å². The lowest BCUT2D eigenvalue weighted by Crippen LogP contribution is -1.86. The molecule has 0 rings (SSSR count). The number of rotatable bonds is 0. The third-order valence-electron chi connectivity index (χ3n) is 0. The molecule has 5 nitrogen and oxygen atoms in total. The van der Waals surface area contributed by atoms with Crippen molar-refractivity contribution in [2.75, 3.05) is 25.8 Å². The van der Waals surface area contributed by atoms with E-state index in [9.17, 15) is 17.8 Å². The SMILES string of the molecule is C.C.C.C.CC(C)=O.CP(C)(=O)O.CS(C)(=O)=O. The third kappa shape index (κ3) is 96100. The molecule has 0 aliphatic rings. The Labute approximate surface area is 115 Å². The first-order valence-electron chi connectivity index (χ1n) is 3.63. The molecule has 0 heterocycles. The first-order chi connectivity index (χ1) is 5.73. The highest BCUT2D eigenvalue weighted by molar-refractivity contribution is 7.89. The molecule has 0 unspecified atom stereocenters. The molecular weight excluding hydrogens is 275 g/mol. The standard InChI is InChI=1S/C3H6O.C2H7O2P.C2H6O2S.4CH4/c1-3(2)4;2*1-5(2,3)4;;;;/h1-2H3;1-2H3,(H,3,4);1-2H3;4*1H4. The van der Waals surface area contributed by atoms with E-state index in [0.29, 0.717) is 0 Å². The van der Waals surface area contributed by atoms with Crippen LogP contribution in [0.2, 0.25) is 0 Å². The number of carbonyl (C=O) groups is 1. The molecule has 0 aliphatic carbocycles. The van der Waals surface area contributed by atoms with E-state index in [1.54, 1.807) is 0 Å². The highest BCUT2D eigenvalue weighted by atomic mass is 32.2. The van der Waals surface area contributed by atoms with Gasteiger partial charge in [0.15, 0.2) is 7.37 Å². The topological polar surface area (TPSA) is 88.5 Å². The lowest BCUT2D eigenvalue weighted by molar-refractivity contribution is -0.114. The van der Waals surface area contributed by atoms with E-state index in [2.05, 4.69) is 0 Å². The summed E-state index contributed by atoms with van der Waals surface area (Å²) in [5.74, 6) is 0.167. The van der Waals surface area contributed by atoms with Gasteiger partial charge in [-0.3, -0.25) is 4.57 Å². The van der Waals surface area contributed by atoms with Gasteiger partial charge in [-0.25, -0.2) is 8.42 Å². The molecule has 7 heteroatoms. The molecule has 0 fully saturated rings. The maximum absolute atomic E-state index is 9.77. The molecule has 0 radical (unpaired) electrons. The lowest BCUT2D eigenvalue weighted by Gasteiger charge is -1.86. The van der Waals surface area contributed by atoms with Crippen LogP contribution in [0.1, 0.15) is 43.6 Å². The molecule has 0 saturated heterocycles. The fraction of sp³-hybridized carbons (Fsp3) is 0.909. The van der Waals surface area contributed by atoms with Crippen LogP contribution in [0.5, 0.6) is 0 Å². The monoisotopic (exact) mass is 310 g/mol. The van der Waals surface area contributed by atoms with E-state index in [1.165, 1.54) is 27.2 Å². The summed E-state index contributed by atoms with van der Waals surface area (Å²) in [4.78, 5) is 17.5. The highest BCUT2D eigenvalue weighted by Gasteiger charge is 1.92. The summed E-state index contributed by atoms with van der Waals surface area (Å²) in [5.41, 5.74) is 0.